The molecular weight excluding hydrogens is 340 g/mol. The van der Waals surface area contributed by atoms with E-state index in [1.807, 2.05) is 6.92 Å². The van der Waals surface area contributed by atoms with Gasteiger partial charge in [-0.05, 0) is 48.9 Å². The lowest BCUT2D eigenvalue weighted by atomic mass is 10.1. The van der Waals surface area contributed by atoms with Crippen molar-refractivity contribution in [2.45, 2.75) is 18.2 Å². The van der Waals surface area contributed by atoms with Gasteiger partial charge in [0, 0.05) is 29.6 Å². The van der Waals surface area contributed by atoms with Crippen molar-refractivity contribution in [3.63, 3.8) is 0 Å². The van der Waals surface area contributed by atoms with Crippen molar-refractivity contribution in [2.75, 3.05) is 18.1 Å². The Kier molecular flexibility index (Phi) is 5.93. The van der Waals surface area contributed by atoms with Gasteiger partial charge in [-0.3, -0.25) is 9.59 Å². The summed E-state index contributed by atoms with van der Waals surface area (Å²) in [5, 5.41) is 5.45. The summed E-state index contributed by atoms with van der Waals surface area (Å²) < 4.78 is 23.1. The van der Waals surface area contributed by atoms with Crippen molar-refractivity contribution in [1.29, 1.82) is 0 Å². The van der Waals surface area contributed by atoms with Crippen LogP contribution in [0.25, 0.3) is 0 Å². The number of anilines is 1. The van der Waals surface area contributed by atoms with E-state index in [2.05, 4.69) is 10.6 Å². The molecule has 2 amide bonds. The SMILES string of the molecule is CCCNC(=O)c1ccc(NC(=O)c2cccc(S(C)(=O)=O)c2)cc1. The maximum absolute atomic E-state index is 12.3. The van der Waals surface area contributed by atoms with Crippen molar-refractivity contribution in [3.05, 3.63) is 59.7 Å². The van der Waals surface area contributed by atoms with Crippen LogP contribution in [-0.2, 0) is 9.84 Å². The number of carbonyl (C=O) groups excluding carboxylic acids is 2. The summed E-state index contributed by atoms with van der Waals surface area (Å²) in [7, 11) is -3.38. The van der Waals surface area contributed by atoms with Crippen LogP contribution in [0.3, 0.4) is 0 Å². The molecule has 132 valence electrons. The first-order valence-corrected chi connectivity index (χ1v) is 9.70. The molecule has 0 spiro atoms. The Balaban J connectivity index is 2.09. The summed E-state index contributed by atoms with van der Waals surface area (Å²) in [4.78, 5) is 24.2. The van der Waals surface area contributed by atoms with Crippen LogP contribution >= 0.6 is 0 Å². The van der Waals surface area contributed by atoms with Crippen LogP contribution in [0.4, 0.5) is 5.69 Å². The molecule has 0 aromatic heterocycles. The molecule has 0 bridgehead atoms. The van der Waals surface area contributed by atoms with Crippen molar-refractivity contribution in [1.82, 2.24) is 5.32 Å². The van der Waals surface area contributed by atoms with E-state index in [0.717, 1.165) is 12.7 Å². The van der Waals surface area contributed by atoms with E-state index in [-0.39, 0.29) is 16.4 Å². The Labute approximate surface area is 147 Å². The molecule has 0 saturated heterocycles. The number of hydrogen-bond donors (Lipinski definition) is 2. The maximum atomic E-state index is 12.3. The first-order valence-electron chi connectivity index (χ1n) is 7.81. The molecule has 7 heteroatoms. The highest BCUT2D eigenvalue weighted by Gasteiger charge is 2.12. The van der Waals surface area contributed by atoms with Gasteiger partial charge in [-0.25, -0.2) is 8.42 Å². The number of rotatable bonds is 6. The summed E-state index contributed by atoms with van der Waals surface area (Å²) >= 11 is 0. The number of benzene rings is 2. The van der Waals surface area contributed by atoms with Gasteiger partial charge in [0.1, 0.15) is 0 Å². The zero-order chi connectivity index (χ0) is 18.4. The van der Waals surface area contributed by atoms with Gasteiger partial charge in [-0.1, -0.05) is 13.0 Å². The van der Waals surface area contributed by atoms with Gasteiger partial charge in [0.2, 0.25) is 0 Å². The number of amides is 2. The fourth-order valence-corrected chi connectivity index (χ4v) is 2.78. The minimum absolute atomic E-state index is 0.0862. The number of hydrogen-bond acceptors (Lipinski definition) is 4. The summed E-state index contributed by atoms with van der Waals surface area (Å²) in [6.45, 7) is 2.58. The van der Waals surface area contributed by atoms with E-state index in [1.54, 1.807) is 24.3 Å². The first kappa shape index (κ1) is 18.7. The van der Waals surface area contributed by atoms with Crippen LogP contribution in [0.15, 0.2) is 53.4 Å². The third-order valence-corrected chi connectivity index (χ3v) is 4.58. The average molecular weight is 360 g/mol. The third-order valence-electron chi connectivity index (χ3n) is 3.46. The van der Waals surface area contributed by atoms with Crippen molar-refractivity contribution >= 4 is 27.3 Å². The van der Waals surface area contributed by atoms with Gasteiger partial charge in [-0.15, -0.1) is 0 Å². The molecule has 2 N–H and O–H groups in total. The van der Waals surface area contributed by atoms with Gasteiger partial charge < -0.3 is 10.6 Å². The lowest BCUT2D eigenvalue weighted by Crippen LogP contribution is -2.23. The zero-order valence-corrected chi connectivity index (χ0v) is 14.9. The Bertz CT molecular complexity index is 874. The molecule has 2 aromatic carbocycles. The minimum Gasteiger partial charge on any atom is -0.352 e. The van der Waals surface area contributed by atoms with Crippen LogP contribution in [0.2, 0.25) is 0 Å². The van der Waals surface area contributed by atoms with Gasteiger partial charge in [0.15, 0.2) is 9.84 Å². The molecule has 0 aliphatic rings. The van der Waals surface area contributed by atoms with Crippen LogP contribution in [0, 0.1) is 0 Å². The average Bonchev–Trinajstić information content (AvgIpc) is 2.59. The summed E-state index contributed by atoms with van der Waals surface area (Å²) in [5.74, 6) is -0.589. The summed E-state index contributed by atoms with van der Waals surface area (Å²) in [6, 6.07) is 12.3. The Hall–Kier alpha value is -2.67. The van der Waals surface area contributed by atoms with E-state index >= 15 is 0 Å². The van der Waals surface area contributed by atoms with Crippen molar-refractivity contribution in [2.24, 2.45) is 0 Å². The standard InChI is InChI=1S/C18H20N2O4S/c1-3-11-19-17(21)13-7-9-15(10-8-13)20-18(22)14-5-4-6-16(12-14)25(2,23)24/h4-10,12H,3,11H2,1-2H3,(H,19,21)(H,20,22). The second-order valence-electron chi connectivity index (χ2n) is 5.59. The second-order valence-corrected chi connectivity index (χ2v) is 7.60. The molecule has 0 aliphatic heterocycles. The van der Waals surface area contributed by atoms with Gasteiger partial charge in [-0.2, -0.15) is 0 Å². The minimum atomic E-state index is -3.38. The van der Waals surface area contributed by atoms with E-state index in [1.165, 1.54) is 24.3 Å². The molecule has 0 atom stereocenters. The molecule has 2 aromatic rings. The first-order chi connectivity index (χ1) is 11.8. The highest BCUT2D eigenvalue weighted by Crippen LogP contribution is 2.15. The Morgan fingerprint density at radius 2 is 1.64 bits per heavy atom. The van der Waals surface area contributed by atoms with Crippen LogP contribution in [0.1, 0.15) is 34.1 Å². The van der Waals surface area contributed by atoms with Crippen molar-refractivity contribution in [3.8, 4) is 0 Å². The topological polar surface area (TPSA) is 92.3 Å². The fraction of sp³-hybridized carbons (Fsp3) is 0.222. The molecule has 0 radical (unpaired) electrons. The van der Waals surface area contributed by atoms with E-state index < -0.39 is 15.7 Å². The van der Waals surface area contributed by atoms with Crippen LogP contribution < -0.4 is 10.6 Å². The Morgan fingerprint density at radius 1 is 0.960 bits per heavy atom. The fourth-order valence-electron chi connectivity index (χ4n) is 2.12. The molecule has 25 heavy (non-hydrogen) atoms. The smallest absolute Gasteiger partial charge is 0.255 e. The maximum Gasteiger partial charge on any atom is 0.255 e. The zero-order valence-electron chi connectivity index (χ0n) is 14.1. The van der Waals surface area contributed by atoms with Crippen molar-refractivity contribution < 1.29 is 18.0 Å². The second kappa shape index (κ2) is 7.94. The monoisotopic (exact) mass is 360 g/mol. The highest BCUT2D eigenvalue weighted by molar-refractivity contribution is 7.90. The number of sulfone groups is 1. The molecule has 0 saturated carbocycles. The molecule has 0 unspecified atom stereocenters. The Morgan fingerprint density at radius 3 is 2.24 bits per heavy atom. The largest absolute Gasteiger partial charge is 0.352 e. The van der Waals surface area contributed by atoms with Gasteiger partial charge in [0.25, 0.3) is 11.8 Å². The molecular formula is C18H20N2O4S. The van der Waals surface area contributed by atoms with E-state index in [9.17, 15) is 18.0 Å². The molecule has 0 heterocycles. The summed E-state index contributed by atoms with van der Waals surface area (Å²) in [6.07, 6.45) is 1.94. The number of carbonyl (C=O) groups is 2. The molecule has 6 nitrogen and oxygen atoms in total. The highest BCUT2D eigenvalue weighted by atomic mass is 32.2. The van der Waals surface area contributed by atoms with Gasteiger partial charge in [0.05, 0.1) is 4.90 Å². The van der Waals surface area contributed by atoms with Gasteiger partial charge >= 0.3 is 0 Å². The normalized spacial score (nSPS) is 11.0. The lowest BCUT2D eigenvalue weighted by Gasteiger charge is -2.08. The van der Waals surface area contributed by atoms with E-state index in [4.69, 9.17) is 0 Å². The molecule has 0 aliphatic carbocycles. The van der Waals surface area contributed by atoms with Crippen LogP contribution in [0.5, 0.6) is 0 Å². The predicted molar refractivity (Wildman–Crippen MR) is 96.6 cm³/mol. The predicted octanol–water partition coefficient (Wildman–Crippen LogP) is 2.48. The third kappa shape index (κ3) is 5.15. The number of nitrogens with one attached hydrogen (secondary N) is 2. The molecule has 0 fully saturated rings. The van der Waals surface area contributed by atoms with Crippen LogP contribution in [-0.4, -0.2) is 33.0 Å². The van der Waals surface area contributed by atoms with E-state index in [0.29, 0.717) is 17.8 Å². The lowest BCUT2D eigenvalue weighted by molar-refractivity contribution is 0.0953. The summed E-state index contributed by atoms with van der Waals surface area (Å²) in [5.41, 5.74) is 1.26. The molecule has 2 rings (SSSR count). The quantitative estimate of drug-likeness (QED) is 0.828.